The van der Waals surface area contributed by atoms with Gasteiger partial charge in [0.15, 0.2) is 0 Å². The second-order valence-electron chi connectivity index (χ2n) is 5.23. The lowest BCUT2D eigenvalue weighted by Gasteiger charge is -2.08. The summed E-state index contributed by atoms with van der Waals surface area (Å²) in [7, 11) is 1.75. The predicted molar refractivity (Wildman–Crippen MR) is 78.5 cm³/mol. The van der Waals surface area contributed by atoms with Crippen molar-refractivity contribution in [2.24, 2.45) is 7.05 Å². The van der Waals surface area contributed by atoms with Gasteiger partial charge in [0.2, 0.25) is 0 Å². The first-order chi connectivity index (χ1) is 9.97. The molecule has 0 saturated heterocycles. The Hall–Kier alpha value is -2.63. The number of aryl methyl sites for hydroxylation is 3. The molecule has 0 bridgehead atoms. The molecule has 3 rings (SSSR count). The average Bonchev–Trinajstić information content (AvgIpc) is 2.97. The Balaban J connectivity index is 2.09. The van der Waals surface area contributed by atoms with Crippen molar-refractivity contribution in [3.8, 4) is 0 Å². The van der Waals surface area contributed by atoms with Gasteiger partial charge in [-0.05, 0) is 37.1 Å². The molecule has 0 saturated carbocycles. The third kappa shape index (κ3) is 2.18. The number of rotatable bonds is 3. The Morgan fingerprint density at radius 2 is 2.00 bits per heavy atom. The summed E-state index contributed by atoms with van der Waals surface area (Å²) in [6, 6.07) is 4.12. The van der Waals surface area contributed by atoms with Crippen molar-refractivity contribution in [3.63, 3.8) is 0 Å². The van der Waals surface area contributed by atoms with Gasteiger partial charge in [0.05, 0.1) is 35.8 Å². The molecule has 21 heavy (non-hydrogen) atoms. The number of imidazole rings is 1. The van der Waals surface area contributed by atoms with Gasteiger partial charge in [-0.15, -0.1) is 0 Å². The van der Waals surface area contributed by atoms with Crippen LogP contribution in [0.15, 0.2) is 24.7 Å². The second-order valence-corrected chi connectivity index (χ2v) is 5.23. The van der Waals surface area contributed by atoms with Gasteiger partial charge in [-0.3, -0.25) is 4.68 Å². The van der Waals surface area contributed by atoms with Crippen LogP contribution < -0.4 is 0 Å². The van der Waals surface area contributed by atoms with E-state index < -0.39 is 5.97 Å². The highest BCUT2D eigenvalue weighted by Crippen LogP contribution is 2.20. The first-order valence-electron chi connectivity index (χ1n) is 6.63. The zero-order chi connectivity index (χ0) is 15.1. The van der Waals surface area contributed by atoms with E-state index in [4.69, 9.17) is 0 Å². The van der Waals surface area contributed by atoms with Gasteiger partial charge in [0.25, 0.3) is 0 Å². The van der Waals surface area contributed by atoms with Crippen molar-refractivity contribution in [1.29, 1.82) is 0 Å². The van der Waals surface area contributed by atoms with Crippen LogP contribution in [0.5, 0.6) is 0 Å². The summed E-state index contributed by atoms with van der Waals surface area (Å²) >= 11 is 0. The Morgan fingerprint density at radius 3 is 2.71 bits per heavy atom. The largest absolute Gasteiger partial charge is 0.478 e. The van der Waals surface area contributed by atoms with Crippen LogP contribution in [0, 0.1) is 13.8 Å². The molecule has 0 atom stereocenters. The Bertz CT molecular complexity index is 845. The number of carboxylic acids is 1. The van der Waals surface area contributed by atoms with Crippen LogP contribution in [0.1, 0.15) is 27.2 Å². The minimum atomic E-state index is -0.963. The van der Waals surface area contributed by atoms with Crippen molar-refractivity contribution in [2.75, 3.05) is 0 Å². The number of carbonyl (C=O) groups is 1. The van der Waals surface area contributed by atoms with E-state index in [1.54, 1.807) is 18.1 Å². The number of hydrogen-bond acceptors (Lipinski definition) is 3. The SMILES string of the molecule is Cc1cc2ncn(Cc3c(C(=O)O)cnn3C)c2cc1C. The van der Waals surface area contributed by atoms with E-state index in [0.29, 0.717) is 12.2 Å². The van der Waals surface area contributed by atoms with Gasteiger partial charge in [-0.25, -0.2) is 9.78 Å². The van der Waals surface area contributed by atoms with E-state index in [1.165, 1.54) is 17.3 Å². The van der Waals surface area contributed by atoms with Crippen molar-refractivity contribution in [3.05, 3.63) is 47.0 Å². The van der Waals surface area contributed by atoms with E-state index in [9.17, 15) is 9.90 Å². The first kappa shape index (κ1) is 13.4. The van der Waals surface area contributed by atoms with Crippen LogP contribution >= 0.6 is 0 Å². The molecular formula is C15H16N4O2. The van der Waals surface area contributed by atoms with Crippen molar-refractivity contribution >= 4 is 17.0 Å². The summed E-state index contributed by atoms with van der Waals surface area (Å²) in [6.45, 7) is 4.54. The molecule has 0 unspecified atom stereocenters. The number of aromatic nitrogens is 4. The van der Waals surface area contributed by atoms with Crippen LogP contribution in [0.2, 0.25) is 0 Å². The fraction of sp³-hybridized carbons (Fsp3) is 0.267. The van der Waals surface area contributed by atoms with Gasteiger partial charge >= 0.3 is 5.97 Å². The monoisotopic (exact) mass is 284 g/mol. The molecule has 1 aromatic carbocycles. The Morgan fingerprint density at radius 1 is 1.29 bits per heavy atom. The molecule has 108 valence electrons. The number of carboxylic acid groups (broad SMARTS) is 1. The number of aromatic carboxylic acids is 1. The van der Waals surface area contributed by atoms with Crippen LogP contribution in [-0.2, 0) is 13.6 Å². The van der Waals surface area contributed by atoms with Gasteiger partial charge in [0.1, 0.15) is 5.56 Å². The van der Waals surface area contributed by atoms with Crippen LogP contribution in [-0.4, -0.2) is 30.4 Å². The molecule has 6 nitrogen and oxygen atoms in total. The Kier molecular flexibility index (Phi) is 3.01. The molecule has 0 amide bonds. The third-order valence-corrected chi connectivity index (χ3v) is 3.85. The topological polar surface area (TPSA) is 72.9 Å². The first-order valence-corrected chi connectivity index (χ1v) is 6.63. The van der Waals surface area contributed by atoms with E-state index in [-0.39, 0.29) is 5.56 Å². The minimum Gasteiger partial charge on any atom is -0.478 e. The predicted octanol–water partition coefficient (Wildman–Crippen LogP) is 2.13. The molecule has 6 heteroatoms. The normalized spacial score (nSPS) is 11.2. The fourth-order valence-electron chi connectivity index (χ4n) is 2.43. The highest BCUT2D eigenvalue weighted by atomic mass is 16.4. The molecule has 1 N–H and O–H groups in total. The zero-order valence-corrected chi connectivity index (χ0v) is 12.2. The lowest BCUT2D eigenvalue weighted by Crippen LogP contribution is -2.09. The second kappa shape index (κ2) is 4.73. The van der Waals surface area contributed by atoms with Gasteiger partial charge < -0.3 is 9.67 Å². The lowest BCUT2D eigenvalue weighted by molar-refractivity contribution is 0.0695. The summed E-state index contributed by atoms with van der Waals surface area (Å²) in [5.74, 6) is -0.963. The number of hydrogen-bond donors (Lipinski definition) is 1. The molecule has 0 aliphatic heterocycles. The summed E-state index contributed by atoms with van der Waals surface area (Å²) in [4.78, 5) is 15.6. The van der Waals surface area contributed by atoms with E-state index in [1.807, 2.05) is 10.6 Å². The van der Waals surface area contributed by atoms with Gasteiger partial charge in [0, 0.05) is 7.05 Å². The third-order valence-electron chi connectivity index (χ3n) is 3.85. The summed E-state index contributed by atoms with van der Waals surface area (Å²) < 4.78 is 3.54. The average molecular weight is 284 g/mol. The van der Waals surface area contributed by atoms with Gasteiger partial charge in [-0.1, -0.05) is 0 Å². The van der Waals surface area contributed by atoms with Crippen molar-refractivity contribution in [2.45, 2.75) is 20.4 Å². The summed E-state index contributed by atoms with van der Waals surface area (Å²) in [5.41, 5.74) is 5.17. The molecule has 2 aromatic heterocycles. The minimum absolute atomic E-state index is 0.225. The molecule has 2 heterocycles. The van der Waals surface area contributed by atoms with Crippen molar-refractivity contribution < 1.29 is 9.90 Å². The van der Waals surface area contributed by atoms with E-state index in [0.717, 1.165) is 11.0 Å². The molecule has 0 aliphatic carbocycles. The Labute approximate surface area is 121 Å². The maximum Gasteiger partial charge on any atom is 0.339 e. The van der Waals surface area contributed by atoms with Gasteiger partial charge in [-0.2, -0.15) is 5.10 Å². The standard InChI is InChI=1S/C15H16N4O2/c1-9-4-12-13(5-10(9)2)19(8-16-12)7-14-11(15(20)21)6-17-18(14)3/h4-6,8H,7H2,1-3H3,(H,20,21). The number of nitrogens with zero attached hydrogens (tertiary/aromatic N) is 4. The number of fused-ring (bicyclic) bond motifs is 1. The van der Waals surface area contributed by atoms with Crippen LogP contribution in [0.3, 0.4) is 0 Å². The molecule has 0 fully saturated rings. The number of benzene rings is 1. The summed E-state index contributed by atoms with van der Waals surface area (Å²) in [5, 5.41) is 13.3. The summed E-state index contributed by atoms with van der Waals surface area (Å²) in [6.07, 6.45) is 3.12. The molecule has 0 spiro atoms. The van der Waals surface area contributed by atoms with Crippen LogP contribution in [0.25, 0.3) is 11.0 Å². The molecule has 0 aliphatic rings. The maximum absolute atomic E-state index is 11.2. The van der Waals surface area contributed by atoms with E-state index in [2.05, 4.69) is 30.0 Å². The molecule has 3 aromatic rings. The fourth-order valence-corrected chi connectivity index (χ4v) is 2.43. The zero-order valence-electron chi connectivity index (χ0n) is 12.2. The maximum atomic E-state index is 11.2. The quantitative estimate of drug-likeness (QED) is 0.799. The smallest absolute Gasteiger partial charge is 0.339 e. The van der Waals surface area contributed by atoms with E-state index >= 15 is 0 Å². The van der Waals surface area contributed by atoms with Crippen LogP contribution in [0.4, 0.5) is 0 Å². The van der Waals surface area contributed by atoms with Crippen molar-refractivity contribution in [1.82, 2.24) is 19.3 Å². The lowest BCUT2D eigenvalue weighted by atomic mass is 10.1. The highest BCUT2D eigenvalue weighted by molar-refractivity contribution is 5.88. The molecular weight excluding hydrogens is 268 g/mol. The molecule has 0 radical (unpaired) electrons. The highest BCUT2D eigenvalue weighted by Gasteiger charge is 2.16.